The van der Waals surface area contributed by atoms with Crippen molar-refractivity contribution in [2.45, 2.75) is 5.62 Å². The van der Waals surface area contributed by atoms with Gasteiger partial charge in [-0.2, -0.15) is 0 Å². The first-order valence-corrected chi connectivity index (χ1v) is 28.3. The van der Waals surface area contributed by atoms with Crippen LogP contribution in [0.4, 0.5) is 0 Å². The minimum Gasteiger partial charge on any atom is -0.146 e. The van der Waals surface area contributed by atoms with Gasteiger partial charge in [-0.15, -0.1) is 5.62 Å². The zero-order chi connectivity index (χ0) is 68.2. The summed E-state index contributed by atoms with van der Waals surface area (Å²) in [6.45, 7) is -5.88. The van der Waals surface area contributed by atoms with Gasteiger partial charge in [0.05, 0.1) is 0 Å². The van der Waals surface area contributed by atoms with Gasteiger partial charge >= 0.3 is 0 Å². The van der Waals surface area contributed by atoms with Crippen molar-refractivity contribution in [1.82, 2.24) is 0 Å². The van der Waals surface area contributed by atoms with Crippen molar-refractivity contribution in [3.63, 3.8) is 0 Å². The zero-order valence-corrected chi connectivity index (χ0v) is 49.7. The first-order chi connectivity index (χ1) is 39.1. The molecule has 0 heterocycles. The van der Waals surface area contributed by atoms with Crippen LogP contribution in [0.5, 0.6) is 0 Å². The van der Waals surface area contributed by atoms with Gasteiger partial charge in [-0.3, -0.25) is 0 Å². The van der Waals surface area contributed by atoms with Gasteiger partial charge in [-0.25, -0.2) is 0 Å². The Bertz CT molecular complexity index is 1350. The summed E-state index contributed by atoms with van der Waals surface area (Å²) in [6, 6.07) is 0. The molecule has 0 atom stereocenters. The van der Waals surface area contributed by atoms with Crippen LogP contribution >= 0.6 is 0 Å². The standard InChI is InChI=1S/CHB85/c2-49(3)71(50(4)5)46(72(77(51(6)7)52(8)9)78(53(10)11)54(12)13)1(47(73(79(55(14)15)56(16)17)80(57(18)19)58(20)21)74(81(59(22)23)60(24)25)82(61(26)27)62(28)29)48(75(83(63(30)31)64(32)33)84(65(34)35)66(36)37)76(85(67(38)39)68(40)41)86(69(42)43)70(44)45/h1H. The van der Waals surface area contributed by atoms with E-state index in [4.69, 9.17) is 340 Å². The van der Waals surface area contributed by atoms with Crippen molar-refractivity contribution in [3.8, 4) is 0 Å². The zero-order valence-electron chi connectivity index (χ0n) is 49.7. The smallest absolute Gasteiger partial charge is 0.0294 e. The SMILES string of the molecule is [B]B([B])B(B([B])[B])B(B(B([B])[B])B([B])[B])B(B(B([B])[B])B([B])[B])C(B(B(B(B([B])[B])B([B])[B])B(B([B])[B])B([B])[B])B(B(B([B])[B])B([B])[B])B(B([B])[B])B([B])[B])B(B(B(B([B])[B])B([B])[B])B(B([B])[B])B([B])[B])B(B(B([B])[B])B([B])[B])B(B([B])[B])B([B])[B]. The van der Waals surface area contributed by atoms with Crippen molar-refractivity contribution in [1.29, 1.82) is 0 Å². The van der Waals surface area contributed by atoms with Crippen molar-refractivity contribution in [3.05, 3.63) is 0 Å². The largest absolute Gasteiger partial charge is 0.146 e. The Morgan fingerprint density at radius 1 is 0.0930 bits per heavy atom. The summed E-state index contributed by atoms with van der Waals surface area (Å²) in [7, 11) is 306. The Hall–Kier alpha value is 5.52. The maximum Gasteiger partial charge on any atom is 0.0294 e. The van der Waals surface area contributed by atoms with Gasteiger partial charge in [0.2, 0.25) is 0 Å². The summed E-state index contributed by atoms with van der Waals surface area (Å²) in [5, 5.41) is 0. The fourth-order valence-electron chi connectivity index (χ4n) is 15.4. The van der Waals surface area contributed by atoms with E-state index >= 15 is 0 Å². The number of hydrogen-bond acceptors (Lipinski definition) is 0. The molecule has 0 nitrogen and oxygen atoms in total. The molecule has 260 valence electrons. The highest BCUT2D eigenvalue weighted by atomic mass is 13.7. The predicted molar refractivity (Wildman–Crippen MR) is 493 cm³/mol. The summed E-state index contributed by atoms with van der Waals surface area (Å²) < 4.78 is 0. The van der Waals surface area contributed by atoms with Crippen LogP contribution < -0.4 is 0 Å². The van der Waals surface area contributed by atoms with Gasteiger partial charge in [-0.1, -0.05) is 0 Å². The lowest BCUT2D eigenvalue weighted by Crippen LogP contribution is -2.95. The van der Waals surface area contributed by atoms with Crippen molar-refractivity contribution >= 4 is 603 Å². The topological polar surface area (TPSA) is 0 Å². The average molecular weight is 932 g/mol. The summed E-state index contributed by atoms with van der Waals surface area (Å²) >= 11 is 0. The Balaban J connectivity index is 13.3. The molecule has 0 aromatic heterocycles. The van der Waals surface area contributed by atoms with Crippen LogP contribution in [-0.2, 0) is 0 Å². The quantitative estimate of drug-likeness (QED) is 0.0536. The second-order valence-corrected chi connectivity index (χ2v) is 24.2. The first kappa shape index (κ1) is 91.5. The fraction of sp³-hybridized carbons (Fsp3) is 1.00. The van der Waals surface area contributed by atoms with Crippen LogP contribution in [0.25, 0.3) is 0 Å². The summed E-state index contributed by atoms with van der Waals surface area (Å²) in [4.78, 5) is 0. The lowest BCUT2D eigenvalue weighted by atomic mass is 8.27. The molecule has 88 radical (unpaired) electrons. The third kappa shape index (κ3) is 24.4. The molecule has 0 unspecified atom stereocenters. The van der Waals surface area contributed by atoms with E-state index < -0.39 is 268 Å². The third-order valence-electron chi connectivity index (χ3n) is 18.2. The molecule has 0 aliphatic rings. The Morgan fingerprint density at radius 3 is 0.233 bits per heavy atom. The lowest BCUT2D eigenvalue weighted by Gasteiger charge is -2.63. The van der Waals surface area contributed by atoms with E-state index in [0.717, 1.165) is 0 Å². The molecule has 0 N–H and O–H groups in total. The summed E-state index contributed by atoms with van der Waals surface area (Å²) in [6.07, 6.45) is -65.6. The van der Waals surface area contributed by atoms with Crippen molar-refractivity contribution in [2.75, 3.05) is 0 Å². The fourth-order valence-corrected chi connectivity index (χ4v) is 15.4. The molecule has 0 rings (SSSR count). The van der Waals surface area contributed by atoms with E-state index in [2.05, 4.69) is 0 Å². The average Bonchev–Trinajstić information content (AvgIpc) is 3.27. The molecule has 85 heteroatoms. The molecule has 0 saturated carbocycles. The monoisotopic (exact) mass is 949 g/mol. The van der Waals surface area contributed by atoms with Crippen molar-refractivity contribution < 1.29 is 0 Å². The molecule has 0 aliphatic heterocycles. The molecular weight excluding hydrogens is 931 g/mol. The lowest BCUT2D eigenvalue weighted by molar-refractivity contribution is 1.80. The van der Waals surface area contributed by atoms with Gasteiger partial charge < -0.3 is 0 Å². The Kier molecular flexibility index (Phi) is 44.6. The van der Waals surface area contributed by atoms with Crippen LogP contribution in [-0.4, -0.2) is 603 Å². The molecule has 0 bridgehead atoms. The van der Waals surface area contributed by atoms with E-state index in [9.17, 15) is 0 Å². The van der Waals surface area contributed by atoms with E-state index in [0.29, 0.717) is 0 Å². The van der Waals surface area contributed by atoms with Gasteiger partial charge in [0, 0.05) is 603 Å². The molecular formula is CHB85. The summed E-state index contributed by atoms with van der Waals surface area (Å²) in [5.74, 6) is 0. The predicted octanol–water partition coefficient (Wildman–Crippen LogP) is -32.0. The molecule has 86 heavy (non-hydrogen) atoms. The van der Waals surface area contributed by atoms with Crippen LogP contribution in [0.2, 0.25) is 5.62 Å². The summed E-state index contributed by atoms with van der Waals surface area (Å²) in [5.41, 5.74) is -2.06. The van der Waals surface area contributed by atoms with Gasteiger partial charge in [0.15, 0.2) is 0 Å². The second-order valence-electron chi connectivity index (χ2n) is 24.2. The van der Waals surface area contributed by atoms with Gasteiger partial charge in [0.1, 0.15) is 0 Å². The van der Waals surface area contributed by atoms with E-state index in [1.165, 1.54) is 0 Å². The van der Waals surface area contributed by atoms with E-state index in [1.807, 2.05) is 0 Å². The first-order valence-electron chi connectivity index (χ1n) is 28.3. The molecule has 0 aliphatic carbocycles. The molecule has 0 aromatic carbocycles. The highest BCUT2D eigenvalue weighted by Gasteiger charge is 2.66. The van der Waals surface area contributed by atoms with Crippen LogP contribution in [0.3, 0.4) is 0 Å². The van der Waals surface area contributed by atoms with E-state index in [1.54, 1.807) is 0 Å². The maximum absolute atomic E-state index is 7.10. The highest BCUT2D eigenvalue weighted by molar-refractivity contribution is 8.31. The second kappa shape index (κ2) is 41.9. The minimum absolute atomic E-state index is 1.63. The van der Waals surface area contributed by atoms with E-state index in [-0.39, 0.29) is 0 Å². The molecule has 0 spiro atoms. The normalized spacial score (nSPS) is 9.92. The molecule has 0 saturated heterocycles. The maximum atomic E-state index is 7.10. The number of rotatable bonds is 41. The van der Waals surface area contributed by atoms with Gasteiger partial charge in [0.25, 0.3) is 0 Å². The highest BCUT2D eigenvalue weighted by Crippen LogP contribution is 2.37. The minimum atomic E-state index is -2.06. The van der Waals surface area contributed by atoms with Crippen molar-refractivity contribution in [2.24, 2.45) is 0 Å². The Morgan fingerprint density at radius 2 is 0.163 bits per heavy atom. The van der Waals surface area contributed by atoms with Gasteiger partial charge in [-0.05, 0) is 0 Å². The molecule has 0 fully saturated rings. The molecule has 0 aromatic rings. The van der Waals surface area contributed by atoms with Crippen LogP contribution in [0, 0.1) is 0 Å². The van der Waals surface area contributed by atoms with Crippen LogP contribution in [0.1, 0.15) is 0 Å². The Labute approximate surface area is 602 Å². The number of hydrogen-bond donors (Lipinski definition) is 0. The van der Waals surface area contributed by atoms with Crippen LogP contribution in [0.15, 0.2) is 0 Å². The third-order valence-corrected chi connectivity index (χ3v) is 18.2. The molecule has 0 amide bonds.